The summed E-state index contributed by atoms with van der Waals surface area (Å²) in [6.07, 6.45) is 8.88. The number of sulfonamides is 1. The molecule has 1 aliphatic heterocycles. The molecule has 1 heterocycles. The van der Waals surface area contributed by atoms with E-state index in [9.17, 15) is 13.2 Å². The van der Waals surface area contributed by atoms with E-state index in [0.29, 0.717) is 23.0 Å². The lowest BCUT2D eigenvalue weighted by molar-refractivity contribution is -0.121. The Hall–Kier alpha value is -2.56. The third-order valence-corrected chi connectivity index (χ3v) is 8.43. The van der Waals surface area contributed by atoms with E-state index in [-0.39, 0.29) is 22.5 Å². The maximum Gasteiger partial charge on any atom is 0.284 e. The van der Waals surface area contributed by atoms with Crippen LogP contribution in [0.15, 0.2) is 73.8 Å². The van der Waals surface area contributed by atoms with Crippen LogP contribution in [0.5, 0.6) is 11.5 Å². The number of hydrogen-bond donors (Lipinski definition) is 0. The van der Waals surface area contributed by atoms with Crippen LogP contribution in [-0.2, 0) is 14.8 Å². The Bertz CT molecular complexity index is 1270. The first-order valence-corrected chi connectivity index (χ1v) is 15.1. The van der Waals surface area contributed by atoms with Crippen LogP contribution < -0.4 is 9.47 Å². The number of carbonyl (C=O) groups excluding carboxylic acids is 1. The monoisotopic (exact) mass is 606 g/mol. The molecular formula is C27H31BrN2O5S2. The molecule has 1 aliphatic rings. The van der Waals surface area contributed by atoms with Crippen molar-refractivity contribution in [3.05, 3.63) is 70.1 Å². The summed E-state index contributed by atoms with van der Waals surface area (Å²) in [5, 5.41) is 0.0798. The van der Waals surface area contributed by atoms with Gasteiger partial charge < -0.3 is 9.47 Å². The highest BCUT2D eigenvalue weighted by Crippen LogP contribution is 2.35. The van der Waals surface area contributed by atoms with Gasteiger partial charge in [-0.2, -0.15) is 8.42 Å². The molecule has 0 radical (unpaired) electrons. The Balaban J connectivity index is 1.84. The van der Waals surface area contributed by atoms with Gasteiger partial charge in [-0.15, -0.1) is 11.0 Å². The number of benzene rings is 2. The summed E-state index contributed by atoms with van der Waals surface area (Å²) in [5.41, 5.74) is 0.730. The first-order valence-electron chi connectivity index (χ1n) is 12.0. The standard InChI is InChI=1S/C27H31BrN2O5S2/c1-4-6-7-8-9-17-35-24-18-20(10-15-23(24)34-3)19-25-26(31)30(16-5-2)27(36-25)29-37(32,33)22-13-11-21(28)12-14-22/h5,10-15,18-19H,2,4,6-9,16-17H2,1,3H3/b25-19-,29-27?. The molecule has 37 heavy (non-hydrogen) atoms. The quantitative estimate of drug-likeness (QED) is 0.144. The predicted molar refractivity (Wildman–Crippen MR) is 153 cm³/mol. The molecule has 1 amide bonds. The number of carbonyl (C=O) groups is 1. The molecule has 0 N–H and O–H groups in total. The molecule has 0 aromatic heterocycles. The lowest BCUT2D eigenvalue weighted by Crippen LogP contribution is -2.29. The van der Waals surface area contributed by atoms with Crippen molar-refractivity contribution in [3.8, 4) is 11.5 Å². The Morgan fingerprint density at radius 2 is 1.81 bits per heavy atom. The largest absolute Gasteiger partial charge is 0.493 e. The molecule has 0 saturated carbocycles. The van der Waals surface area contributed by atoms with Gasteiger partial charge in [0.15, 0.2) is 16.7 Å². The summed E-state index contributed by atoms with van der Waals surface area (Å²) < 4.78 is 41.9. The van der Waals surface area contributed by atoms with Crippen molar-refractivity contribution < 1.29 is 22.7 Å². The van der Waals surface area contributed by atoms with Crippen LogP contribution in [-0.4, -0.2) is 44.7 Å². The van der Waals surface area contributed by atoms with Gasteiger partial charge in [0.05, 0.1) is 23.5 Å². The number of nitrogens with zero attached hydrogens (tertiary/aromatic N) is 2. The highest BCUT2D eigenvalue weighted by molar-refractivity contribution is 9.10. The molecule has 0 spiro atoms. The number of unbranched alkanes of at least 4 members (excludes halogenated alkanes) is 4. The van der Waals surface area contributed by atoms with Crippen LogP contribution in [0.3, 0.4) is 0 Å². The van der Waals surface area contributed by atoms with Crippen LogP contribution >= 0.6 is 27.7 Å². The maximum absolute atomic E-state index is 13.1. The Morgan fingerprint density at radius 1 is 1.08 bits per heavy atom. The molecular weight excluding hydrogens is 576 g/mol. The van der Waals surface area contributed by atoms with E-state index in [0.717, 1.165) is 34.6 Å². The molecule has 1 saturated heterocycles. The summed E-state index contributed by atoms with van der Waals surface area (Å²) in [6, 6.07) is 11.6. The summed E-state index contributed by atoms with van der Waals surface area (Å²) in [4.78, 5) is 14.8. The zero-order valence-electron chi connectivity index (χ0n) is 21.0. The SMILES string of the molecule is C=CCN1C(=O)/C(=C/c2ccc(OC)c(OCCCCCCC)c2)SC1=NS(=O)(=O)c1ccc(Br)cc1. The number of methoxy groups -OCH3 is 1. The minimum Gasteiger partial charge on any atom is -0.493 e. The van der Waals surface area contributed by atoms with E-state index in [1.165, 1.54) is 42.4 Å². The molecule has 198 valence electrons. The number of amides is 1. The van der Waals surface area contributed by atoms with Gasteiger partial charge in [-0.3, -0.25) is 9.69 Å². The summed E-state index contributed by atoms with van der Waals surface area (Å²) >= 11 is 4.31. The van der Waals surface area contributed by atoms with Gasteiger partial charge in [0.1, 0.15) is 0 Å². The van der Waals surface area contributed by atoms with Crippen molar-refractivity contribution >= 4 is 54.9 Å². The van der Waals surface area contributed by atoms with Gasteiger partial charge in [0.25, 0.3) is 15.9 Å². The second-order valence-corrected chi connectivity index (χ2v) is 11.8. The fourth-order valence-electron chi connectivity index (χ4n) is 3.56. The van der Waals surface area contributed by atoms with E-state index in [1.807, 2.05) is 12.1 Å². The normalized spacial score (nSPS) is 16.0. The van der Waals surface area contributed by atoms with Gasteiger partial charge >= 0.3 is 0 Å². The van der Waals surface area contributed by atoms with Gasteiger partial charge in [-0.25, -0.2) is 0 Å². The molecule has 7 nitrogen and oxygen atoms in total. The van der Waals surface area contributed by atoms with E-state index in [4.69, 9.17) is 9.47 Å². The van der Waals surface area contributed by atoms with Crippen molar-refractivity contribution in [1.82, 2.24) is 4.90 Å². The maximum atomic E-state index is 13.1. The summed E-state index contributed by atoms with van der Waals surface area (Å²) in [7, 11) is -2.43. The molecule has 0 aliphatic carbocycles. The van der Waals surface area contributed by atoms with Crippen LogP contribution in [0.4, 0.5) is 0 Å². The summed E-state index contributed by atoms with van der Waals surface area (Å²) in [5.74, 6) is 0.860. The molecule has 10 heteroatoms. The van der Waals surface area contributed by atoms with Crippen molar-refractivity contribution in [1.29, 1.82) is 0 Å². The van der Waals surface area contributed by atoms with Gasteiger partial charge in [-0.1, -0.05) is 60.7 Å². The topological polar surface area (TPSA) is 85.3 Å². The first kappa shape index (κ1) is 29.0. The number of ether oxygens (including phenoxy) is 2. The smallest absolute Gasteiger partial charge is 0.284 e. The molecule has 1 fully saturated rings. The van der Waals surface area contributed by atoms with Crippen LogP contribution in [0, 0.1) is 0 Å². The van der Waals surface area contributed by atoms with Crippen molar-refractivity contribution in [2.45, 2.75) is 43.9 Å². The van der Waals surface area contributed by atoms with E-state index in [1.54, 1.807) is 31.4 Å². The minimum atomic E-state index is -4.01. The molecule has 0 bridgehead atoms. The zero-order chi connectivity index (χ0) is 26.8. The highest BCUT2D eigenvalue weighted by Gasteiger charge is 2.34. The molecule has 0 atom stereocenters. The number of rotatable bonds is 13. The van der Waals surface area contributed by atoms with Crippen molar-refractivity contribution in [2.75, 3.05) is 20.3 Å². The lowest BCUT2D eigenvalue weighted by Gasteiger charge is -2.12. The highest BCUT2D eigenvalue weighted by atomic mass is 79.9. The van der Waals surface area contributed by atoms with Crippen LogP contribution in [0.2, 0.25) is 0 Å². The molecule has 0 unspecified atom stereocenters. The number of amidine groups is 1. The minimum absolute atomic E-state index is 0.0406. The van der Waals surface area contributed by atoms with Gasteiger partial charge in [0, 0.05) is 11.0 Å². The van der Waals surface area contributed by atoms with E-state index < -0.39 is 10.0 Å². The third kappa shape index (κ3) is 7.96. The Morgan fingerprint density at radius 3 is 2.49 bits per heavy atom. The molecule has 3 rings (SSSR count). The average Bonchev–Trinajstić information content (AvgIpc) is 3.15. The van der Waals surface area contributed by atoms with Crippen molar-refractivity contribution in [3.63, 3.8) is 0 Å². The van der Waals surface area contributed by atoms with Gasteiger partial charge in [-0.05, 0) is 66.2 Å². The number of hydrogen-bond acceptors (Lipinski definition) is 6. The first-order chi connectivity index (χ1) is 17.8. The van der Waals surface area contributed by atoms with Crippen LogP contribution in [0.1, 0.15) is 44.6 Å². The number of halogens is 1. The fraction of sp³-hybridized carbons (Fsp3) is 0.333. The Kier molecular flexibility index (Phi) is 10.8. The second-order valence-electron chi connectivity index (χ2n) is 8.29. The second kappa shape index (κ2) is 13.8. The van der Waals surface area contributed by atoms with E-state index in [2.05, 4.69) is 33.8 Å². The van der Waals surface area contributed by atoms with Gasteiger partial charge in [0.2, 0.25) is 0 Å². The zero-order valence-corrected chi connectivity index (χ0v) is 24.2. The Labute approximate surface area is 231 Å². The number of thioether (sulfide) groups is 1. The van der Waals surface area contributed by atoms with Crippen molar-refractivity contribution in [2.24, 2.45) is 4.40 Å². The molecule has 2 aromatic carbocycles. The van der Waals surface area contributed by atoms with Crippen LogP contribution in [0.25, 0.3) is 6.08 Å². The predicted octanol–water partition coefficient (Wildman–Crippen LogP) is 6.65. The summed E-state index contributed by atoms with van der Waals surface area (Å²) in [6.45, 7) is 6.58. The average molecular weight is 608 g/mol. The third-order valence-electron chi connectivity index (χ3n) is 5.50. The lowest BCUT2D eigenvalue weighted by atomic mass is 10.1. The van der Waals surface area contributed by atoms with E-state index >= 15 is 0 Å². The fourth-order valence-corrected chi connectivity index (χ4v) is 6.02. The molecule has 2 aromatic rings.